The summed E-state index contributed by atoms with van der Waals surface area (Å²) in [5.74, 6) is 0. The molecule has 43 heavy (non-hydrogen) atoms. The van der Waals surface area contributed by atoms with E-state index >= 15 is 0 Å². The number of benzene rings is 4. The fraction of sp³-hybridized carbons (Fsp3) is 0.105. The molecule has 8 rings (SSSR count). The minimum Gasteiger partial charge on any atom is -1.00 e. The maximum absolute atomic E-state index is 2.34. The van der Waals surface area contributed by atoms with Gasteiger partial charge in [0.25, 0.3) is 0 Å². The number of fused-ring (bicyclic) bond motifs is 6. The van der Waals surface area contributed by atoms with Gasteiger partial charge in [0.1, 0.15) is 0 Å². The molecule has 0 unspecified atom stereocenters. The number of halogens is 2. The summed E-state index contributed by atoms with van der Waals surface area (Å²) in [5, 5.41) is 10.7. The molecule has 0 nitrogen and oxygen atoms in total. The molecule has 8 aromatic rings. The predicted octanol–water partition coefficient (Wildman–Crippen LogP) is 6.01. The van der Waals surface area contributed by atoms with Crippen molar-refractivity contribution in [2.24, 2.45) is 0 Å². The molecule has 0 aliphatic carbocycles. The van der Waals surface area contributed by atoms with Gasteiger partial charge in [-0.25, -0.2) is 0 Å². The molecule has 0 aliphatic heterocycles. The van der Waals surface area contributed by atoms with Crippen LogP contribution in [0.3, 0.4) is 0 Å². The monoisotopic (exact) mass is 800 g/mol. The van der Waals surface area contributed by atoms with Crippen LogP contribution in [0.15, 0.2) is 121 Å². The van der Waals surface area contributed by atoms with Gasteiger partial charge in [0, 0.05) is 0 Å². The average molecular weight is 800 g/mol. The number of aryl methyl sites for hydroxylation is 2. The van der Waals surface area contributed by atoms with Crippen molar-refractivity contribution in [2.45, 2.75) is 26.7 Å². The Bertz CT molecular complexity index is 1960. The van der Waals surface area contributed by atoms with Gasteiger partial charge in [-0.1, -0.05) is 110 Å². The van der Waals surface area contributed by atoms with E-state index in [0.29, 0.717) is 0 Å². The van der Waals surface area contributed by atoms with Gasteiger partial charge in [-0.05, 0) is 43.1 Å². The van der Waals surface area contributed by atoms with Gasteiger partial charge in [-0.15, -0.1) is 69.1 Å². The zero-order valence-electron chi connectivity index (χ0n) is 24.0. The molecule has 2 heterocycles. The third-order valence-electron chi connectivity index (χ3n) is 7.82. The first-order valence-corrected chi connectivity index (χ1v) is 15.7. The molecule has 0 aliphatic rings. The third-order valence-corrected chi connectivity index (χ3v) is 10.4. The second-order valence-electron chi connectivity index (χ2n) is 10.3. The van der Waals surface area contributed by atoms with Crippen LogP contribution in [0.4, 0.5) is 0 Å². The van der Waals surface area contributed by atoms with Gasteiger partial charge in [0.05, 0.1) is 0 Å². The number of thiophene rings is 2. The molecular weight excluding hydrogens is 770 g/mol. The fourth-order valence-corrected chi connectivity index (χ4v) is 7.53. The Balaban J connectivity index is 0.000000184. The average Bonchev–Trinajstić information content (AvgIpc) is 3.82. The van der Waals surface area contributed by atoms with Crippen molar-refractivity contribution in [3.05, 3.63) is 131 Å². The van der Waals surface area contributed by atoms with Crippen LogP contribution >= 0.6 is 22.7 Å². The minimum absolute atomic E-state index is 0. The summed E-state index contributed by atoms with van der Waals surface area (Å²) in [5.41, 5.74) is 2.70. The van der Waals surface area contributed by atoms with E-state index < -0.39 is 0 Å². The predicted molar refractivity (Wildman–Crippen MR) is 179 cm³/mol. The van der Waals surface area contributed by atoms with Crippen molar-refractivity contribution < 1.29 is 50.7 Å². The standard InChI is InChI=1S/2C19H15S.2ClH.Hf/c2*1-2-16-9-10-19(20-16)15-11-14-8-7-13-5-3-4-6-17(13)18(14)12-15;;;/h2*3-12H,2H2,1H3;2*1H;/q2*-1;;;+4/p-2. The first-order chi connectivity index (χ1) is 19.7. The van der Waals surface area contributed by atoms with Crippen molar-refractivity contribution >= 4 is 65.8 Å². The minimum atomic E-state index is 0. The van der Waals surface area contributed by atoms with Crippen LogP contribution in [0.1, 0.15) is 23.6 Å². The summed E-state index contributed by atoms with van der Waals surface area (Å²) in [6.45, 7) is 4.43. The third kappa shape index (κ3) is 6.62. The molecule has 0 fully saturated rings. The van der Waals surface area contributed by atoms with Crippen LogP contribution in [0.5, 0.6) is 0 Å². The van der Waals surface area contributed by atoms with Crippen LogP contribution in [-0.2, 0) is 38.7 Å². The van der Waals surface area contributed by atoms with Gasteiger partial charge in [0.2, 0.25) is 0 Å². The normalized spacial score (nSPS) is 10.7. The van der Waals surface area contributed by atoms with E-state index in [4.69, 9.17) is 0 Å². The van der Waals surface area contributed by atoms with E-state index in [0.717, 1.165) is 12.8 Å². The molecule has 0 radical (unpaired) electrons. The Labute approximate surface area is 292 Å². The van der Waals surface area contributed by atoms with Gasteiger partial charge in [-0.2, -0.15) is 22.7 Å². The fourth-order valence-electron chi connectivity index (χ4n) is 5.66. The van der Waals surface area contributed by atoms with Gasteiger partial charge >= 0.3 is 25.8 Å². The van der Waals surface area contributed by atoms with Crippen LogP contribution in [0, 0.1) is 0 Å². The Morgan fingerprint density at radius 2 is 0.907 bits per heavy atom. The second-order valence-corrected chi connectivity index (χ2v) is 12.6. The summed E-state index contributed by atoms with van der Waals surface area (Å²) >= 11 is 3.81. The molecule has 0 saturated heterocycles. The van der Waals surface area contributed by atoms with Crippen LogP contribution in [0.25, 0.3) is 64.0 Å². The van der Waals surface area contributed by atoms with Crippen molar-refractivity contribution in [3.8, 4) is 20.9 Å². The molecule has 0 N–H and O–H groups in total. The molecule has 2 aromatic heterocycles. The van der Waals surface area contributed by atoms with Crippen molar-refractivity contribution in [1.82, 2.24) is 0 Å². The number of hydrogen-bond acceptors (Lipinski definition) is 2. The summed E-state index contributed by atoms with van der Waals surface area (Å²) in [6, 6.07) is 44.4. The number of hydrogen-bond donors (Lipinski definition) is 0. The molecule has 0 amide bonds. The zero-order valence-corrected chi connectivity index (χ0v) is 30.8. The summed E-state index contributed by atoms with van der Waals surface area (Å²) < 4.78 is 0. The Morgan fingerprint density at radius 1 is 0.488 bits per heavy atom. The quantitative estimate of drug-likeness (QED) is 0.151. The van der Waals surface area contributed by atoms with E-state index in [9.17, 15) is 0 Å². The summed E-state index contributed by atoms with van der Waals surface area (Å²) in [4.78, 5) is 5.66. The Hall–Kier alpha value is -2.53. The molecule has 0 atom stereocenters. The van der Waals surface area contributed by atoms with Crippen molar-refractivity contribution in [3.63, 3.8) is 0 Å². The maximum Gasteiger partial charge on any atom is 4.00 e. The molecule has 0 bridgehead atoms. The van der Waals surface area contributed by atoms with Crippen molar-refractivity contribution in [2.75, 3.05) is 0 Å². The van der Waals surface area contributed by atoms with E-state index in [2.05, 4.69) is 135 Å². The number of rotatable bonds is 4. The van der Waals surface area contributed by atoms with E-state index in [1.165, 1.54) is 73.7 Å². The van der Waals surface area contributed by atoms with E-state index in [1.807, 2.05) is 22.7 Å². The molecule has 0 saturated carbocycles. The Kier molecular flexibility index (Phi) is 11.3. The largest absolute Gasteiger partial charge is 4.00 e. The topological polar surface area (TPSA) is 0 Å². The Morgan fingerprint density at radius 3 is 1.30 bits per heavy atom. The SMILES string of the molecule is CCc1ccc(-c2cc3c(ccc4ccccc43)[cH-]2)s1.CCc1ccc(-c2cc3c(ccc4ccccc43)[cH-]2)s1.[Cl-].[Cl-].[Hf+4]. The van der Waals surface area contributed by atoms with Crippen LogP contribution in [0.2, 0.25) is 0 Å². The molecule has 212 valence electrons. The summed E-state index contributed by atoms with van der Waals surface area (Å²) in [7, 11) is 0. The van der Waals surface area contributed by atoms with Gasteiger partial charge in [0.15, 0.2) is 0 Å². The van der Waals surface area contributed by atoms with Crippen LogP contribution < -0.4 is 24.8 Å². The first-order valence-electron chi connectivity index (χ1n) is 14.0. The van der Waals surface area contributed by atoms with Crippen molar-refractivity contribution in [1.29, 1.82) is 0 Å². The molecule has 6 aromatic carbocycles. The molecule has 5 heteroatoms. The zero-order chi connectivity index (χ0) is 27.1. The summed E-state index contributed by atoms with van der Waals surface area (Å²) in [6.07, 6.45) is 2.24. The smallest absolute Gasteiger partial charge is 1.00 e. The van der Waals surface area contributed by atoms with Gasteiger partial charge in [-0.3, -0.25) is 0 Å². The molecular formula is C38H30Cl2HfS2. The van der Waals surface area contributed by atoms with E-state index in [-0.39, 0.29) is 50.7 Å². The molecule has 0 spiro atoms. The second kappa shape index (κ2) is 14.5. The maximum atomic E-state index is 2.34. The van der Waals surface area contributed by atoms with E-state index in [1.54, 1.807) is 0 Å². The first kappa shape index (κ1) is 33.4. The van der Waals surface area contributed by atoms with Gasteiger partial charge < -0.3 is 24.8 Å². The van der Waals surface area contributed by atoms with Crippen LogP contribution in [-0.4, -0.2) is 0 Å².